The summed E-state index contributed by atoms with van der Waals surface area (Å²) in [5.41, 5.74) is 0. The Morgan fingerprint density at radius 2 is 0.549 bits per heavy atom. The summed E-state index contributed by atoms with van der Waals surface area (Å²) in [7, 11) is 0. The summed E-state index contributed by atoms with van der Waals surface area (Å²) in [6, 6.07) is 0. The molecule has 1 atom stereocenters. The maximum absolute atomic E-state index is 12.8. The topological polar surface area (TPSA) is 78.9 Å². The molecule has 0 radical (unpaired) electrons. The molecule has 0 aromatic rings. The van der Waals surface area contributed by atoms with Crippen LogP contribution in [0.5, 0.6) is 0 Å². The minimum absolute atomic E-state index is 0.0788. The average molecular weight is 990 g/mol. The molecule has 71 heavy (non-hydrogen) atoms. The van der Waals surface area contributed by atoms with Crippen LogP contribution in [0.3, 0.4) is 0 Å². The van der Waals surface area contributed by atoms with Crippen LogP contribution < -0.4 is 0 Å². The van der Waals surface area contributed by atoms with Gasteiger partial charge in [-0.05, 0) is 96.3 Å². The molecule has 0 spiro atoms. The van der Waals surface area contributed by atoms with Gasteiger partial charge in [0.2, 0.25) is 0 Å². The zero-order valence-electron chi connectivity index (χ0n) is 46.7. The lowest BCUT2D eigenvalue weighted by molar-refractivity contribution is -0.167. The highest BCUT2D eigenvalue weighted by Crippen LogP contribution is 2.15. The predicted octanol–water partition coefficient (Wildman–Crippen LogP) is 20.3. The van der Waals surface area contributed by atoms with E-state index in [0.717, 1.165) is 103 Å². The van der Waals surface area contributed by atoms with Gasteiger partial charge in [-0.15, -0.1) is 0 Å². The molecule has 408 valence electrons. The van der Waals surface area contributed by atoms with E-state index < -0.39 is 6.10 Å². The van der Waals surface area contributed by atoms with Crippen LogP contribution in [0.1, 0.15) is 290 Å². The van der Waals surface area contributed by atoms with Gasteiger partial charge in [0.25, 0.3) is 0 Å². The Kier molecular flexibility index (Phi) is 56.3. The lowest BCUT2D eigenvalue weighted by atomic mass is 10.1. The summed E-state index contributed by atoms with van der Waals surface area (Å²) in [5.74, 6) is -0.889. The number of ether oxygens (including phenoxy) is 3. The molecule has 0 aliphatic heterocycles. The van der Waals surface area contributed by atoms with E-state index in [-0.39, 0.29) is 31.1 Å². The molecule has 1 unspecified atom stereocenters. The molecular formula is C65H112O6. The molecule has 0 fully saturated rings. The Balaban J connectivity index is 4.22. The second-order valence-electron chi connectivity index (χ2n) is 19.9. The van der Waals surface area contributed by atoms with E-state index in [1.807, 2.05) is 0 Å². The van der Waals surface area contributed by atoms with Crippen molar-refractivity contribution in [2.45, 2.75) is 297 Å². The SMILES string of the molecule is CC/C=C\C/C=C\C/C=C\C/C=C\C/C=C\C/C=C\CCCCCCCCCCC(=O)OCC(COC(=O)CCCCCCCCCC)OC(=O)CCCCCCCCC/C=C\CCCCCCCCC. The van der Waals surface area contributed by atoms with Crippen molar-refractivity contribution >= 4 is 17.9 Å². The fourth-order valence-corrected chi connectivity index (χ4v) is 8.38. The maximum atomic E-state index is 12.8. The molecule has 0 aliphatic rings. The van der Waals surface area contributed by atoms with Gasteiger partial charge in [0.15, 0.2) is 6.10 Å². The van der Waals surface area contributed by atoms with Crippen molar-refractivity contribution in [3.63, 3.8) is 0 Å². The summed E-state index contributed by atoms with van der Waals surface area (Å²) in [6.45, 7) is 6.50. The van der Waals surface area contributed by atoms with Crippen molar-refractivity contribution in [2.24, 2.45) is 0 Å². The number of carbonyl (C=O) groups excluding carboxylic acids is 3. The number of hydrogen-bond donors (Lipinski definition) is 0. The number of esters is 3. The Bertz CT molecular complexity index is 1370. The highest BCUT2D eigenvalue weighted by atomic mass is 16.6. The van der Waals surface area contributed by atoms with Crippen molar-refractivity contribution < 1.29 is 28.6 Å². The normalized spacial score (nSPS) is 12.7. The summed E-state index contributed by atoms with van der Waals surface area (Å²) < 4.78 is 16.8. The van der Waals surface area contributed by atoms with Crippen LogP contribution in [0.25, 0.3) is 0 Å². The van der Waals surface area contributed by atoms with Crippen LogP contribution in [0.4, 0.5) is 0 Å². The van der Waals surface area contributed by atoms with E-state index >= 15 is 0 Å². The highest BCUT2D eigenvalue weighted by molar-refractivity contribution is 5.71. The number of carbonyl (C=O) groups is 3. The van der Waals surface area contributed by atoms with Gasteiger partial charge in [0.05, 0.1) is 0 Å². The van der Waals surface area contributed by atoms with E-state index in [1.165, 1.54) is 148 Å². The van der Waals surface area contributed by atoms with Gasteiger partial charge in [-0.3, -0.25) is 14.4 Å². The third kappa shape index (κ3) is 57.4. The largest absolute Gasteiger partial charge is 0.462 e. The van der Waals surface area contributed by atoms with Gasteiger partial charge in [-0.2, -0.15) is 0 Å². The van der Waals surface area contributed by atoms with Crippen LogP contribution in [-0.4, -0.2) is 37.2 Å². The smallest absolute Gasteiger partial charge is 0.306 e. The molecule has 0 rings (SSSR count). The van der Waals surface area contributed by atoms with E-state index in [1.54, 1.807) is 0 Å². The van der Waals surface area contributed by atoms with Crippen LogP contribution >= 0.6 is 0 Å². The number of allylic oxidation sites excluding steroid dienone is 14. The first kappa shape index (κ1) is 67.6. The molecule has 0 aromatic heterocycles. The highest BCUT2D eigenvalue weighted by Gasteiger charge is 2.19. The maximum Gasteiger partial charge on any atom is 0.306 e. The van der Waals surface area contributed by atoms with E-state index in [9.17, 15) is 14.4 Å². The second kappa shape index (κ2) is 59.2. The molecule has 0 saturated carbocycles. The fraction of sp³-hybridized carbons (Fsp3) is 0.738. The Hall–Kier alpha value is -3.41. The first-order valence-corrected chi connectivity index (χ1v) is 30.1. The van der Waals surface area contributed by atoms with Crippen LogP contribution in [0.2, 0.25) is 0 Å². The molecule has 0 bridgehead atoms. The van der Waals surface area contributed by atoms with Gasteiger partial charge < -0.3 is 14.2 Å². The number of hydrogen-bond acceptors (Lipinski definition) is 6. The summed E-state index contributed by atoms with van der Waals surface area (Å²) >= 11 is 0. The summed E-state index contributed by atoms with van der Waals surface area (Å²) in [5, 5.41) is 0. The average Bonchev–Trinajstić information content (AvgIpc) is 3.37. The Labute approximate surface area is 439 Å². The van der Waals surface area contributed by atoms with Gasteiger partial charge in [-0.25, -0.2) is 0 Å². The van der Waals surface area contributed by atoms with Crippen molar-refractivity contribution in [1.82, 2.24) is 0 Å². The minimum Gasteiger partial charge on any atom is -0.462 e. The molecule has 0 aromatic carbocycles. The quantitative estimate of drug-likeness (QED) is 0.0261. The van der Waals surface area contributed by atoms with Crippen LogP contribution in [0, 0.1) is 0 Å². The standard InChI is InChI=1S/C65H112O6/c1-4-7-10-13-16-19-21-23-25-27-29-30-31-32-33-34-35-36-37-39-40-42-44-46-49-52-55-58-64(67)70-61-62(60-69-63(66)57-54-51-48-18-15-12-9-6-3)71-65(68)59-56-53-50-47-45-43-41-38-28-26-24-22-20-17-14-11-8-5-2/h7,10,16,19,23,25-26,28-30,32-33,35-36,62H,4-6,8-9,11-15,17-18,20-22,24,27,31,34,37-61H2,1-3H3/b10-7-,19-16-,25-23-,28-26-,30-29-,33-32-,36-35-. The second-order valence-corrected chi connectivity index (χ2v) is 19.9. The lowest BCUT2D eigenvalue weighted by Crippen LogP contribution is -2.30. The Morgan fingerprint density at radius 1 is 0.296 bits per heavy atom. The summed E-state index contributed by atoms with van der Waals surface area (Å²) in [6.07, 6.45) is 77.3. The van der Waals surface area contributed by atoms with Gasteiger partial charge in [0, 0.05) is 19.3 Å². The van der Waals surface area contributed by atoms with Gasteiger partial charge in [-0.1, -0.05) is 260 Å². The first-order valence-electron chi connectivity index (χ1n) is 30.1. The third-order valence-corrected chi connectivity index (χ3v) is 12.9. The van der Waals surface area contributed by atoms with Crippen LogP contribution in [0.15, 0.2) is 85.1 Å². The fourth-order valence-electron chi connectivity index (χ4n) is 8.38. The molecule has 0 amide bonds. The molecule has 0 N–H and O–H groups in total. The summed E-state index contributed by atoms with van der Waals surface area (Å²) in [4.78, 5) is 38.1. The minimum atomic E-state index is -0.780. The zero-order chi connectivity index (χ0) is 51.4. The van der Waals surface area contributed by atoms with E-state index in [0.29, 0.717) is 19.3 Å². The third-order valence-electron chi connectivity index (χ3n) is 12.9. The van der Waals surface area contributed by atoms with E-state index in [4.69, 9.17) is 14.2 Å². The molecule has 0 saturated heterocycles. The number of unbranched alkanes of at least 4 members (excludes halogenated alkanes) is 29. The van der Waals surface area contributed by atoms with Crippen molar-refractivity contribution in [3.8, 4) is 0 Å². The van der Waals surface area contributed by atoms with Gasteiger partial charge in [0.1, 0.15) is 13.2 Å². The molecule has 6 nitrogen and oxygen atoms in total. The van der Waals surface area contributed by atoms with Crippen LogP contribution in [-0.2, 0) is 28.6 Å². The molecule has 0 heterocycles. The van der Waals surface area contributed by atoms with E-state index in [2.05, 4.69) is 106 Å². The van der Waals surface area contributed by atoms with Gasteiger partial charge >= 0.3 is 17.9 Å². The zero-order valence-corrected chi connectivity index (χ0v) is 46.7. The van der Waals surface area contributed by atoms with Crippen molar-refractivity contribution in [1.29, 1.82) is 0 Å². The Morgan fingerprint density at radius 3 is 0.873 bits per heavy atom. The van der Waals surface area contributed by atoms with Crippen molar-refractivity contribution in [3.05, 3.63) is 85.1 Å². The van der Waals surface area contributed by atoms with Crippen molar-refractivity contribution in [2.75, 3.05) is 13.2 Å². The lowest BCUT2D eigenvalue weighted by Gasteiger charge is -2.18. The first-order chi connectivity index (χ1) is 35.0. The predicted molar refractivity (Wildman–Crippen MR) is 307 cm³/mol. The molecule has 6 heteroatoms. The molecular weight excluding hydrogens is 877 g/mol. The number of rotatable bonds is 54. The monoisotopic (exact) mass is 989 g/mol. The molecule has 0 aliphatic carbocycles.